The predicted molar refractivity (Wildman–Crippen MR) is 82.8 cm³/mol. The van der Waals surface area contributed by atoms with E-state index in [2.05, 4.69) is 4.98 Å². The Kier molecular flexibility index (Phi) is 5.03. The van der Waals surface area contributed by atoms with Gasteiger partial charge in [-0.15, -0.1) is 0 Å². The minimum absolute atomic E-state index is 0.00354. The molecule has 0 amide bonds. The summed E-state index contributed by atoms with van der Waals surface area (Å²) >= 11 is 5.89. The van der Waals surface area contributed by atoms with Crippen LogP contribution in [0.3, 0.4) is 0 Å². The molecule has 2 rings (SSSR count). The molecular formula is C17H13ClN2O2. The van der Waals surface area contributed by atoms with Gasteiger partial charge in [-0.2, -0.15) is 5.26 Å². The number of benzene rings is 1. The van der Waals surface area contributed by atoms with Crippen molar-refractivity contribution >= 4 is 23.2 Å². The van der Waals surface area contributed by atoms with E-state index in [1.165, 1.54) is 13.1 Å². The van der Waals surface area contributed by atoms with Crippen LogP contribution in [0, 0.1) is 11.3 Å². The molecule has 0 spiro atoms. The molecule has 110 valence electrons. The van der Waals surface area contributed by atoms with Crippen LogP contribution in [0.1, 0.15) is 34.1 Å². The third-order valence-corrected chi connectivity index (χ3v) is 3.45. The van der Waals surface area contributed by atoms with E-state index in [1.807, 2.05) is 6.07 Å². The first-order valence-corrected chi connectivity index (χ1v) is 7.03. The Morgan fingerprint density at radius 3 is 2.36 bits per heavy atom. The number of Topliss-reactive ketones (excluding diaryl/α,β-unsaturated/α-hetero) is 2. The van der Waals surface area contributed by atoms with Crippen LogP contribution in [0.25, 0.3) is 0 Å². The number of carbonyl (C=O) groups is 2. The number of nitrogens with zero attached hydrogens (tertiary/aromatic N) is 2. The molecule has 0 aliphatic rings. The predicted octanol–water partition coefficient (Wildman–Crippen LogP) is 3.16. The zero-order valence-corrected chi connectivity index (χ0v) is 12.7. The van der Waals surface area contributed by atoms with E-state index in [0.29, 0.717) is 11.1 Å². The number of halogens is 1. The summed E-state index contributed by atoms with van der Waals surface area (Å²) < 4.78 is 0. The van der Waals surface area contributed by atoms with Crippen LogP contribution in [0.15, 0.2) is 36.5 Å². The summed E-state index contributed by atoms with van der Waals surface area (Å²) in [6.45, 7) is 1.50. The zero-order chi connectivity index (χ0) is 16.1. The monoisotopic (exact) mass is 312 g/mol. The number of rotatable bonds is 5. The smallest absolute Gasteiger partial charge is 0.159 e. The summed E-state index contributed by atoms with van der Waals surface area (Å²) in [5, 5.41) is 9.01. The van der Waals surface area contributed by atoms with E-state index in [9.17, 15) is 9.59 Å². The lowest BCUT2D eigenvalue weighted by Gasteiger charge is -2.04. The first-order valence-electron chi connectivity index (χ1n) is 6.65. The molecule has 0 saturated heterocycles. The Hall–Kier alpha value is -2.51. The first kappa shape index (κ1) is 15.9. The van der Waals surface area contributed by atoms with Gasteiger partial charge in [0.05, 0.1) is 5.02 Å². The third-order valence-electron chi connectivity index (χ3n) is 3.17. The largest absolute Gasteiger partial charge is 0.299 e. The van der Waals surface area contributed by atoms with E-state index in [1.54, 1.807) is 30.3 Å². The Morgan fingerprint density at radius 2 is 1.82 bits per heavy atom. The van der Waals surface area contributed by atoms with Crippen LogP contribution in [-0.2, 0) is 17.6 Å². The quantitative estimate of drug-likeness (QED) is 0.795. The average molecular weight is 313 g/mol. The normalized spacial score (nSPS) is 10.0. The van der Waals surface area contributed by atoms with Gasteiger partial charge in [0.15, 0.2) is 11.5 Å². The minimum Gasteiger partial charge on any atom is -0.299 e. The van der Waals surface area contributed by atoms with Gasteiger partial charge < -0.3 is 0 Å². The van der Waals surface area contributed by atoms with Crippen LogP contribution in [-0.4, -0.2) is 16.6 Å². The van der Waals surface area contributed by atoms with Crippen molar-refractivity contribution in [1.29, 1.82) is 5.26 Å². The fourth-order valence-corrected chi connectivity index (χ4v) is 2.26. The average Bonchev–Trinajstić information content (AvgIpc) is 2.48. The van der Waals surface area contributed by atoms with Crippen LogP contribution in [0.4, 0.5) is 0 Å². The van der Waals surface area contributed by atoms with Crippen molar-refractivity contribution in [2.24, 2.45) is 0 Å². The van der Waals surface area contributed by atoms with Gasteiger partial charge in [-0.05, 0) is 24.1 Å². The van der Waals surface area contributed by atoms with Crippen molar-refractivity contribution in [2.45, 2.75) is 19.8 Å². The molecule has 0 aliphatic heterocycles. The highest BCUT2D eigenvalue weighted by Gasteiger charge is 2.09. The summed E-state index contributed by atoms with van der Waals surface area (Å²) in [5.74, 6) is 0.00863. The SMILES string of the molecule is CC(=O)c1ccc(CC(=O)Cc2cnc(C#N)c(Cl)c2)cc1. The molecular weight excluding hydrogens is 300 g/mol. The number of ketones is 2. The van der Waals surface area contributed by atoms with E-state index < -0.39 is 0 Å². The number of pyridine rings is 1. The van der Waals surface area contributed by atoms with E-state index in [4.69, 9.17) is 16.9 Å². The highest BCUT2D eigenvalue weighted by Crippen LogP contribution is 2.15. The topological polar surface area (TPSA) is 70.8 Å². The Bertz CT molecular complexity index is 761. The summed E-state index contributed by atoms with van der Waals surface area (Å²) in [7, 11) is 0. The van der Waals surface area contributed by atoms with Crippen molar-refractivity contribution in [2.75, 3.05) is 0 Å². The molecule has 22 heavy (non-hydrogen) atoms. The maximum Gasteiger partial charge on any atom is 0.159 e. The molecule has 0 unspecified atom stereocenters. The van der Waals surface area contributed by atoms with Crippen molar-refractivity contribution in [3.63, 3.8) is 0 Å². The molecule has 1 aromatic heterocycles. The number of nitriles is 1. The lowest BCUT2D eigenvalue weighted by molar-refractivity contribution is -0.117. The van der Waals surface area contributed by atoms with Crippen molar-refractivity contribution in [3.05, 3.63) is 63.9 Å². The lowest BCUT2D eigenvalue weighted by atomic mass is 10.0. The molecule has 0 radical (unpaired) electrons. The van der Waals surface area contributed by atoms with Gasteiger partial charge in [0.1, 0.15) is 11.9 Å². The van der Waals surface area contributed by atoms with E-state index >= 15 is 0 Å². The summed E-state index contributed by atoms with van der Waals surface area (Å²) in [4.78, 5) is 27.2. The lowest BCUT2D eigenvalue weighted by Crippen LogP contribution is -2.07. The molecule has 1 aromatic carbocycles. The number of carbonyl (C=O) groups excluding carboxylic acids is 2. The second kappa shape index (κ2) is 6.97. The van der Waals surface area contributed by atoms with E-state index in [-0.39, 0.29) is 35.1 Å². The maximum atomic E-state index is 12.1. The van der Waals surface area contributed by atoms with Crippen LogP contribution in [0.5, 0.6) is 0 Å². The van der Waals surface area contributed by atoms with Crippen LogP contribution < -0.4 is 0 Å². The molecule has 0 saturated carbocycles. The summed E-state index contributed by atoms with van der Waals surface area (Å²) in [5.41, 5.74) is 2.30. The van der Waals surface area contributed by atoms with Gasteiger partial charge in [0.2, 0.25) is 0 Å². The van der Waals surface area contributed by atoms with Crippen molar-refractivity contribution in [3.8, 4) is 6.07 Å². The maximum absolute atomic E-state index is 12.1. The minimum atomic E-state index is -0.00354. The van der Waals surface area contributed by atoms with Crippen molar-refractivity contribution in [1.82, 2.24) is 4.98 Å². The molecule has 0 aliphatic carbocycles. The molecule has 2 aromatic rings. The molecule has 0 N–H and O–H groups in total. The summed E-state index contributed by atoms with van der Waals surface area (Å²) in [6.07, 6.45) is 1.96. The molecule has 0 fully saturated rings. The van der Waals surface area contributed by atoms with Crippen LogP contribution >= 0.6 is 11.6 Å². The molecule has 0 bridgehead atoms. The van der Waals surface area contributed by atoms with Gasteiger partial charge in [0, 0.05) is 24.6 Å². The molecule has 5 heteroatoms. The first-order chi connectivity index (χ1) is 10.5. The molecule has 0 atom stereocenters. The van der Waals surface area contributed by atoms with Crippen LogP contribution in [0.2, 0.25) is 5.02 Å². The number of hydrogen-bond donors (Lipinski definition) is 0. The summed E-state index contributed by atoms with van der Waals surface area (Å²) in [6, 6.07) is 10.4. The fourth-order valence-electron chi connectivity index (χ4n) is 2.03. The third kappa shape index (κ3) is 4.00. The van der Waals surface area contributed by atoms with Gasteiger partial charge in [-0.1, -0.05) is 35.9 Å². The molecule has 1 heterocycles. The van der Waals surface area contributed by atoms with Gasteiger partial charge >= 0.3 is 0 Å². The highest BCUT2D eigenvalue weighted by molar-refractivity contribution is 6.31. The highest BCUT2D eigenvalue weighted by atomic mass is 35.5. The zero-order valence-electron chi connectivity index (χ0n) is 12.0. The Labute approximate surface area is 133 Å². The Balaban J connectivity index is 2.02. The Morgan fingerprint density at radius 1 is 1.18 bits per heavy atom. The van der Waals surface area contributed by atoms with Gasteiger partial charge in [-0.25, -0.2) is 4.98 Å². The second-order valence-corrected chi connectivity index (χ2v) is 5.34. The van der Waals surface area contributed by atoms with Crippen molar-refractivity contribution < 1.29 is 9.59 Å². The number of hydrogen-bond acceptors (Lipinski definition) is 4. The fraction of sp³-hybridized carbons (Fsp3) is 0.176. The molecule has 4 nitrogen and oxygen atoms in total. The standard InChI is InChI=1S/C17H13ClN2O2/c1-11(21)14-4-2-12(3-5-14)6-15(22)7-13-8-16(18)17(9-19)20-10-13/h2-5,8,10H,6-7H2,1H3. The van der Waals surface area contributed by atoms with Gasteiger partial charge in [-0.3, -0.25) is 9.59 Å². The van der Waals surface area contributed by atoms with Gasteiger partial charge in [0.25, 0.3) is 0 Å². The van der Waals surface area contributed by atoms with E-state index in [0.717, 1.165) is 5.56 Å². The number of aromatic nitrogens is 1. The second-order valence-electron chi connectivity index (χ2n) is 4.93.